The monoisotopic (exact) mass is 508 g/mol. The van der Waals surface area contributed by atoms with Crippen LogP contribution in [-0.2, 0) is 6.42 Å². The molecule has 8 nitrogen and oxygen atoms in total. The molecule has 10 heteroatoms. The maximum absolute atomic E-state index is 12.9. The topological polar surface area (TPSA) is 99.6 Å². The average Bonchev–Trinajstić information content (AvgIpc) is 2.66. The molecule has 0 radical (unpaired) electrons. The van der Waals surface area contributed by atoms with Gasteiger partial charge in [0.25, 0.3) is 5.56 Å². The van der Waals surface area contributed by atoms with E-state index in [-0.39, 0.29) is 17.0 Å². The molecule has 144 valence electrons. The Morgan fingerprint density at radius 1 is 1.29 bits per heavy atom. The predicted molar refractivity (Wildman–Crippen MR) is 113 cm³/mol. The lowest BCUT2D eigenvalue weighted by molar-refractivity contribution is -0.385. The number of methoxy groups -OCH3 is 1. The van der Waals surface area contributed by atoms with Gasteiger partial charge < -0.3 is 4.74 Å². The molecule has 0 saturated heterocycles. The molecule has 0 aliphatic rings. The van der Waals surface area contributed by atoms with Gasteiger partial charge in [-0.1, -0.05) is 38.8 Å². The molecule has 3 rings (SSSR count). The van der Waals surface area contributed by atoms with Gasteiger partial charge in [0, 0.05) is 27.0 Å². The number of nitrogens with zero attached hydrogens (tertiary/aromatic N) is 4. The van der Waals surface area contributed by atoms with Crippen LogP contribution in [0.3, 0.4) is 0 Å². The van der Waals surface area contributed by atoms with E-state index in [9.17, 15) is 14.9 Å². The Morgan fingerprint density at radius 3 is 2.68 bits per heavy atom. The van der Waals surface area contributed by atoms with Crippen molar-refractivity contribution in [2.75, 3.05) is 7.11 Å². The molecule has 1 heterocycles. The summed E-state index contributed by atoms with van der Waals surface area (Å²) in [4.78, 5) is 28.2. The fraction of sp³-hybridized carbons (Fsp3) is 0.167. The van der Waals surface area contributed by atoms with Crippen molar-refractivity contribution in [3.8, 4) is 5.75 Å². The van der Waals surface area contributed by atoms with Crippen LogP contribution in [0.25, 0.3) is 10.9 Å². The largest absolute Gasteiger partial charge is 0.490 e. The molecule has 0 spiro atoms. The Morgan fingerprint density at radius 2 is 2.04 bits per heavy atom. The molecule has 2 aromatic carbocycles. The van der Waals surface area contributed by atoms with E-state index in [1.165, 1.54) is 24.1 Å². The third-order valence-corrected chi connectivity index (χ3v) is 4.92. The van der Waals surface area contributed by atoms with Crippen molar-refractivity contribution in [3.05, 3.63) is 71.1 Å². The van der Waals surface area contributed by atoms with Gasteiger partial charge in [0.2, 0.25) is 5.75 Å². The number of hydrogen-bond donors (Lipinski definition) is 0. The van der Waals surface area contributed by atoms with Gasteiger partial charge in [0.1, 0.15) is 5.82 Å². The van der Waals surface area contributed by atoms with Crippen LogP contribution in [-0.4, -0.2) is 27.9 Å². The number of aryl methyl sites for hydroxylation is 1. The number of nitro benzene ring substituents is 1. The van der Waals surface area contributed by atoms with Crippen LogP contribution >= 0.6 is 31.9 Å². The number of aromatic nitrogens is 2. The Hall–Kier alpha value is -2.59. The highest BCUT2D eigenvalue weighted by atomic mass is 79.9. The lowest BCUT2D eigenvalue weighted by Gasteiger charge is -2.09. The first-order valence-corrected chi connectivity index (χ1v) is 9.71. The van der Waals surface area contributed by atoms with Gasteiger partial charge in [-0.25, -0.2) is 4.98 Å². The van der Waals surface area contributed by atoms with E-state index in [2.05, 4.69) is 41.9 Å². The lowest BCUT2D eigenvalue weighted by Crippen LogP contribution is -2.22. The first-order chi connectivity index (χ1) is 13.3. The Labute approximate surface area is 176 Å². The summed E-state index contributed by atoms with van der Waals surface area (Å²) in [6, 6.07) is 8.22. The Bertz CT molecular complexity index is 1170. The lowest BCUT2D eigenvalue weighted by atomic mass is 10.2. The van der Waals surface area contributed by atoms with Crippen LogP contribution in [0, 0.1) is 10.1 Å². The molecule has 0 aliphatic carbocycles. The fourth-order valence-electron chi connectivity index (χ4n) is 2.72. The van der Waals surface area contributed by atoms with Gasteiger partial charge in [-0.2, -0.15) is 9.78 Å². The number of ether oxygens (including phenoxy) is 1. The maximum Gasteiger partial charge on any atom is 0.312 e. The second-order valence-corrected chi connectivity index (χ2v) is 7.54. The summed E-state index contributed by atoms with van der Waals surface area (Å²) in [5.41, 5.74) is 0.392. The number of halogens is 2. The van der Waals surface area contributed by atoms with E-state index in [0.717, 1.165) is 4.47 Å². The molecule has 1 aromatic heterocycles. The average molecular weight is 510 g/mol. The molecular weight excluding hydrogens is 496 g/mol. The number of hydrogen-bond acceptors (Lipinski definition) is 6. The SMILES string of the molecule is CCc1nc2ccc(Br)cc2c(=O)n1N=Cc1cc(Br)cc([N+](=O)[O-])c1OC. The number of nitro groups is 1. The normalized spacial score (nSPS) is 11.3. The second-order valence-electron chi connectivity index (χ2n) is 5.71. The summed E-state index contributed by atoms with van der Waals surface area (Å²) in [7, 11) is 1.34. The smallest absolute Gasteiger partial charge is 0.312 e. The zero-order chi connectivity index (χ0) is 20.4. The summed E-state index contributed by atoms with van der Waals surface area (Å²) in [5, 5.41) is 16.0. The molecule has 0 bridgehead atoms. The van der Waals surface area contributed by atoms with Crippen molar-refractivity contribution in [3.63, 3.8) is 0 Å². The molecule has 3 aromatic rings. The number of rotatable bonds is 5. The summed E-state index contributed by atoms with van der Waals surface area (Å²) < 4.78 is 7.63. The number of benzene rings is 2. The summed E-state index contributed by atoms with van der Waals surface area (Å²) in [5.74, 6) is 0.527. The summed E-state index contributed by atoms with van der Waals surface area (Å²) in [6.45, 7) is 1.86. The molecule has 28 heavy (non-hydrogen) atoms. The number of fused-ring (bicyclic) bond motifs is 1. The van der Waals surface area contributed by atoms with Crippen molar-refractivity contribution in [1.29, 1.82) is 0 Å². The van der Waals surface area contributed by atoms with Gasteiger partial charge in [0.15, 0.2) is 0 Å². The maximum atomic E-state index is 12.9. The summed E-state index contributed by atoms with van der Waals surface area (Å²) >= 11 is 6.60. The highest BCUT2D eigenvalue weighted by Crippen LogP contribution is 2.33. The van der Waals surface area contributed by atoms with Crippen LogP contribution in [0.15, 0.2) is 49.2 Å². The Balaban J connectivity index is 2.20. The molecule has 0 amide bonds. The van der Waals surface area contributed by atoms with E-state index < -0.39 is 4.92 Å². The van der Waals surface area contributed by atoms with Gasteiger partial charge in [-0.15, -0.1) is 0 Å². The first kappa shape index (κ1) is 20.2. The van der Waals surface area contributed by atoms with Gasteiger partial charge in [-0.05, 0) is 24.3 Å². The van der Waals surface area contributed by atoms with E-state index in [0.29, 0.717) is 33.2 Å². The molecule has 0 N–H and O–H groups in total. The van der Waals surface area contributed by atoms with Gasteiger partial charge in [-0.3, -0.25) is 14.9 Å². The standard InChI is InChI=1S/C18H14Br2N4O4/c1-3-16-22-14-5-4-11(19)7-13(14)18(25)23(16)21-9-10-6-12(20)8-15(24(26)27)17(10)28-2/h4-9H,3H2,1-2H3. The summed E-state index contributed by atoms with van der Waals surface area (Å²) in [6.07, 6.45) is 1.83. The minimum Gasteiger partial charge on any atom is -0.490 e. The van der Waals surface area contributed by atoms with Crippen molar-refractivity contribution < 1.29 is 9.66 Å². The quantitative estimate of drug-likeness (QED) is 0.290. The van der Waals surface area contributed by atoms with Gasteiger partial charge >= 0.3 is 5.69 Å². The van der Waals surface area contributed by atoms with Crippen LogP contribution < -0.4 is 10.3 Å². The van der Waals surface area contributed by atoms with E-state index >= 15 is 0 Å². The first-order valence-electron chi connectivity index (χ1n) is 8.13. The van der Waals surface area contributed by atoms with Crippen molar-refractivity contribution in [2.24, 2.45) is 5.10 Å². The van der Waals surface area contributed by atoms with E-state index in [1.54, 1.807) is 18.2 Å². The zero-order valence-electron chi connectivity index (χ0n) is 14.8. The minimum absolute atomic E-state index is 0.0551. The van der Waals surface area contributed by atoms with Crippen LogP contribution in [0.5, 0.6) is 5.75 Å². The highest BCUT2D eigenvalue weighted by molar-refractivity contribution is 9.10. The van der Waals surface area contributed by atoms with Crippen molar-refractivity contribution >= 4 is 54.7 Å². The minimum atomic E-state index is -0.542. The predicted octanol–water partition coefficient (Wildman–Crippen LogP) is 4.28. The van der Waals surface area contributed by atoms with Crippen molar-refractivity contribution in [1.82, 2.24) is 9.66 Å². The van der Waals surface area contributed by atoms with Gasteiger partial charge in [0.05, 0.1) is 29.2 Å². The van der Waals surface area contributed by atoms with Crippen molar-refractivity contribution in [2.45, 2.75) is 13.3 Å². The second kappa shape index (κ2) is 8.19. The zero-order valence-corrected chi connectivity index (χ0v) is 18.0. The van der Waals surface area contributed by atoms with Crippen LogP contribution in [0.4, 0.5) is 5.69 Å². The van der Waals surface area contributed by atoms with E-state index in [1.807, 2.05) is 13.0 Å². The van der Waals surface area contributed by atoms with Crippen LogP contribution in [0.2, 0.25) is 0 Å². The molecule has 0 aliphatic heterocycles. The fourth-order valence-corrected chi connectivity index (χ4v) is 3.54. The van der Waals surface area contributed by atoms with E-state index in [4.69, 9.17) is 4.74 Å². The molecular formula is C18H14Br2N4O4. The molecule has 0 fully saturated rings. The Kier molecular flexibility index (Phi) is 5.90. The van der Waals surface area contributed by atoms with Crippen LogP contribution in [0.1, 0.15) is 18.3 Å². The molecule has 0 atom stereocenters. The molecule has 0 saturated carbocycles. The molecule has 0 unspecified atom stereocenters. The third-order valence-electron chi connectivity index (χ3n) is 3.97. The highest BCUT2D eigenvalue weighted by Gasteiger charge is 2.19. The third kappa shape index (κ3) is 3.83.